The van der Waals surface area contributed by atoms with Crippen molar-refractivity contribution in [1.29, 1.82) is 0 Å². The third kappa shape index (κ3) is 4.78. The summed E-state index contributed by atoms with van der Waals surface area (Å²) < 4.78 is 5.53. The second kappa shape index (κ2) is 6.88. The molecular formula is C16H26N2O2S. The van der Waals surface area contributed by atoms with E-state index in [9.17, 15) is 4.79 Å². The van der Waals surface area contributed by atoms with Gasteiger partial charge in [-0.15, -0.1) is 11.3 Å². The van der Waals surface area contributed by atoms with Gasteiger partial charge in [0.2, 0.25) is 0 Å². The van der Waals surface area contributed by atoms with Crippen LogP contribution in [0.25, 0.3) is 0 Å². The summed E-state index contributed by atoms with van der Waals surface area (Å²) in [7, 11) is 0. The second-order valence-electron chi connectivity index (χ2n) is 6.64. The second-order valence-corrected chi connectivity index (χ2v) is 7.59. The molecule has 1 aliphatic heterocycles. The molecule has 0 bridgehead atoms. The van der Waals surface area contributed by atoms with Gasteiger partial charge in [0, 0.05) is 11.9 Å². The van der Waals surface area contributed by atoms with E-state index in [1.54, 1.807) is 11.3 Å². The topological polar surface area (TPSA) is 42.4 Å². The third-order valence-electron chi connectivity index (χ3n) is 3.47. The minimum absolute atomic E-state index is 0.0935. The molecule has 2 heterocycles. The first-order valence-electron chi connectivity index (χ1n) is 7.79. The third-order valence-corrected chi connectivity index (χ3v) is 4.43. The maximum absolute atomic E-state index is 12.3. The highest BCUT2D eigenvalue weighted by Gasteiger charge is 2.34. The molecule has 2 rings (SSSR count). The van der Waals surface area contributed by atoms with Gasteiger partial charge in [0.05, 0.1) is 10.7 Å². The van der Waals surface area contributed by atoms with Crippen LogP contribution >= 0.6 is 11.3 Å². The van der Waals surface area contributed by atoms with Crippen molar-refractivity contribution in [3.8, 4) is 0 Å². The lowest BCUT2D eigenvalue weighted by molar-refractivity contribution is -0.160. The van der Waals surface area contributed by atoms with E-state index >= 15 is 0 Å². The number of rotatable bonds is 5. The average molecular weight is 310 g/mol. The van der Waals surface area contributed by atoms with Crippen molar-refractivity contribution in [3.63, 3.8) is 0 Å². The maximum atomic E-state index is 12.3. The van der Waals surface area contributed by atoms with Gasteiger partial charge in [-0.1, -0.05) is 6.92 Å². The van der Waals surface area contributed by atoms with E-state index in [4.69, 9.17) is 4.74 Å². The van der Waals surface area contributed by atoms with Gasteiger partial charge in [-0.3, -0.25) is 9.69 Å². The van der Waals surface area contributed by atoms with Gasteiger partial charge in [-0.2, -0.15) is 0 Å². The molecule has 0 radical (unpaired) electrons. The Hall–Kier alpha value is -0.940. The SMILES string of the molecule is CCCc1nc(CN2CCC[C@H]2C(=O)OC(C)(C)C)cs1. The Bertz CT molecular complexity index is 479. The molecule has 0 spiro atoms. The van der Waals surface area contributed by atoms with Gasteiger partial charge in [-0.25, -0.2) is 4.98 Å². The van der Waals surface area contributed by atoms with Crippen molar-refractivity contribution >= 4 is 17.3 Å². The summed E-state index contributed by atoms with van der Waals surface area (Å²) in [6.07, 6.45) is 4.11. The molecule has 0 aromatic carbocycles. The Balaban J connectivity index is 1.96. The molecule has 0 unspecified atom stereocenters. The van der Waals surface area contributed by atoms with Gasteiger partial charge >= 0.3 is 5.97 Å². The Morgan fingerprint density at radius 2 is 2.29 bits per heavy atom. The van der Waals surface area contributed by atoms with Crippen LogP contribution in [-0.2, 0) is 22.5 Å². The summed E-state index contributed by atoms with van der Waals surface area (Å²) in [4.78, 5) is 19.2. The highest BCUT2D eigenvalue weighted by Crippen LogP contribution is 2.24. The molecule has 5 heteroatoms. The highest BCUT2D eigenvalue weighted by atomic mass is 32.1. The summed E-state index contributed by atoms with van der Waals surface area (Å²) in [6.45, 7) is 9.62. The number of aryl methyl sites for hydroxylation is 1. The predicted octanol–water partition coefficient (Wildman–Crippen LogP) is 3.40. The fourth-order valence-electron chi connectivity index (χ4n) is 2.61. The minimum atomic E-state index is -0.416. The molecule has 1 saturated heterocycles. The number of nitrogens with zero attached hydrogens (tertiary/aromatic N) is 2. The van der Waals surface area contributed by atoms with Crippen molar-refractivity contribution in [1.82, 2.24) is 9.88 Å². The largest absolute Gasteiger partial charge is 0.459 e. The standard InChI is InChI=1S/C16H26N2O2S/c1-5-7-14-17-12(11-21-14)10-18-9-6-8-13(18)15(19)20-16(2,3)4/h11,13H,5-10H2,1-4H3/t13-/m0/s1. The number of ether oxygens (including phenoxy) is 1. The van der Waals surface area contributed by atoms with Crippen LogP contribution in [0.15, 0.2) is 5.38 Å². The molecule has 4 nitrogen and oxygen atoms in total. The summed E-state index contributed by atoms with van der Waals surface area (Å²) in [5, 5.41) is 3.32. The number of hydrogen-bond acceptors (Lipinski definition) is 5. The molecule has 0 aliphatic carbocycles. The van der Waals surface area contributed by atoms with Crippen molar-refractivity contribution in [2.75, 3.05) is 6.54 Å². The summed E-state index contributed by atoms with van der Waals surface area (Å²) >= 11 is 1.72. The van der Waals surface area contributed by atoms with Crippen LogP contribution in [0.3, 0.4) is 0 Å². The van der Waals surface area contributed by atoms with Crippen LogP contribution in [-0.4, -0.2) is 34.0 Å². The molecule has 1 aromatic heterocycles. The van der Waals surface area contributed by atoms with E-state index in [-0.39, 0.29) is 12.0 Å². The molecule has 1 fully saturated rings. The quantitative estimate of drug-likeness (QED) is 0.782. The molecule has 1 aromatic rings. The summed E-state index contributed by atoms with van der Waals surface area (Å²) in [6, 6.07) is -0.111. The van der Waals surface area contributed by atoms with Crippen LogP contribution < -0.4 is 0 Å². The van der Waals surface area contributed by atoms with Gasteiger partial charge in [0.1, 0.15) is 11.6 Å². The molecule has 1 aliphatic rings. The Kier molecular flexibility index (Phi) is 5.38. The number of carbonyl (C=O) groups is 1. The maximum Gasteiger partial charge on any atom is 0.323 e. The van der Waals surface area contributed by atoms with E-state index in [1.807, 2.05) is 20.8 Å². The number of esters is 1. The Morgan fingerprint density at radius 3 is 2.95 bits per heavy atom. The first-order valence-corrected chi connectivity index (χ1v) is 8.67. The fourth-order valence-corrected chi connectivity index (χ4v) is 3.50. The average Bonchev–Trinajstić information content (AvgIpc) is 2.97. The normalized spacial score (nSPS) is 19.9. The summed E-state index contributed by atoms with van der Waals surface area (Å²) in [5.74, 6) is -0.0935. The molecular weight excluding hydrogens is 284 g/mol. The summed E-state index contributed by atoms with van der Waals surface area (Å²) in [5.41, 5.74) is 0.666. The zero-order chi connectivity index (χ0) is 15.5. The van der Waals surface area contributed by atoms with Gasteiger partial charge in [-0.05, 0) is 53.0 Å². The number of carbonyl (C=O) groups excluding carboxylic acids is 1. The Labute approximate surface area is 131 Å². The van der Waals surface area contributed by atoms with Crippen molar-refractivity contribution < 1.29 is 9.53 Å². The molecule has 0 amide bonds. The lowest BCUT2D eigenvalue weighted by Gasteiger charge is -2.26. The molecule has 0 saturated carbocycles. The lowest BCUT2D eigenvalue weighted by Crippen LogP contribution is -2.40. The van der Waals surface area contributed by atoms with Gasteiger partial charge in [0.25, 0.3) is 0 Å². The van der Waals surface area contributed by atoms with Crippen LogP contribution in [0.4, 0.5) is 0 Å². The predicted molar refractivity (Wildman–Crippen MR) is 85.4 cm³/mol. The molecule has 118 valence electrons. The number of likely N-dealkylation sites (tertiary alicyclic amines) is 1. The number of thiazole rings is 1. The van der Waals surface area contributed by atoms with Crippen molar-refractivity contribution in [2.45, 2.75) is 71.6 Å². The first-order chi connectivity index (χ1) is 9.89. The first kappa shape index (κ1) is 16.4. The highest BCUT2D eigenvalue weighted by molar-refractivity contribution is 7.09. The van der Waals surface area contributed by atoms with Crippen LogP contribution in [0.5, 0.6) is 0 Å². The van der Waals surface area contributed by atoms with Crippen LogP contribution in [0.1, 0.15) is 57.7 Å². The molecule has 1 atom stereocenters. The van der Waals surface area contributed by atoms with Crippen molar-refractivity contribution in [3.05, 3.63) is 16.1 Å². The number of aromatic nitrogens is 1. The molecule has 21 heavy (non-hydrogen) atoms. The van der Waals surface area contributed by atoms with Gasteiger partial charge < -0.3 is 4.74 Å². The van der Waals surface area contributed by atoms with Crippen molar-refractivity contribution in [2.24, 2.45) is 0 Å². The molecule has 0 N–H and O–H groups in total. The smallest absolute Gasteiger partial charge is 0.323 e. The monoisotopic (exact) mass is 310 g/mol. The van der Waals surface area contributed by atoms with E-state index in [1.165, 1.54) is 5.01 Å². The fraction of sp³-hybridized carbons (Fsp3) is 0.750. The van der Waals surface area contributed by atoms with Crippen LogP contribution in [0.2, 0.25) is 0 Å². The van der Waals surface area contributed by atoms with E-state index < -0.39 is 5.60 Å². The number of hydrogen-bond donors (Lipinski definition) is 0. The minimum Gasteiger partial charge on any atom is -0.459 e. The van der Waals surface area contributed by atoms with Gasteiger partial charge in [0.15, 0.2) is 0 Å². The van der Waals surface area contributed by atoms with E-state index in [0.717, 1.165) is 44.5 Å². The van der Waals surface area contributed by atoms with Crippen LogP contribution in [0, 0.1) is 0 Å². The van der Waals surface area contributed by atoms with E-state index in [0.29, 0.717) is 0 Å². The zero-order valence-corrected chi connectivity index (χ0v) is 14.3. The Morgan fingerprint density at radius 1 is 1.52 bits per heavy atom. The van der Waals surface area contributed by atoms with E-state index in [2.05, 4.69) is 22.2 Å². The zero-order valence-electron chi connectivity index (χ0n) is 13.5. The lowest BCUT2D eigenvalue weighted by atomic mass is 10.1.